The molecule has 2 heterocycles. The van der Waals surface area contributed by atoms with Crippen LogP contribution in [0.4, 0.5) is 0 Å². The fraction of sp³-hybridized carbons (Fsp3) is 0.438. The largest absolute Gasteiger partial charge is 0.492 e. The average molecular weight is 254 g/mol. The van der Waals surface area contributed by atoms with Crippen molar-refractivity contribution in [2.75, 3.05) is 19.7 Å². The van der Waals surface area contributed by atoms with Gasteiger partial charge in [-0.2, -0.15) is 0 Å². The summed E-state index contributed by atoms with van der Waals surface area (Å²) in [6.45, 7) is 3.32. The maximum absolute atomic E-state index is 5.90. The lowest BCUT2D eigenvalue weighted by Gasteiger charge is -2.07. The van der Waals surface area contributed by atoms with Crippen LogP contribution in [0.5, 0.6) is 5.75 Å². The SMILES string of the molecule is c1cc2ccc(OCC3CN3CC3CC3)cc2cn1. The summed E-state index contributed by atoms with van der Waals surface area (Å²) < 4.78 is 5.90. The zero-order valence-corrected chi connectivity index (χ0v) is 11.0. The van der Waals surface area contributed by atoms with Crippen LogP contribution in [-0.2, 0) is 0 Å². The van der Waals surface area contributed by atoms with E-state index in [0.717, 1.165) is 23.7 Å². The van der Waals surface area contributed by atoms with E-state index in [1.807, 2.05) is 18.5 Å². The van der Waals surface area contributed by atoms with Gasteiger partial charge in [-0.1, -0.05) is 6.07 Å². The van der Waals surface area contributed by atoms with E-state index >= 15 is 0 Å². The molecule has 0 N–H and O–H groups in total. The van der Waals surface area contributed by atoms with Crippen molar-refractivity contribution in [3.05, 3.63) is 36.7 Å². The van der Waals surface area contributed by atoms with Gasteiger partial charge in [0.25, 0.3) is 0 Å². The molecule has 19 heavy (non-hydrogen) atoms. The second-order valence-corrected chi connectivity index (χ2v) is 5.75. The Morgan fingerprint density at radius 2 is 2.16 bits per heavy atom. The Labute approximate surface area is 113 Å². The summed E-state index contributed by atoms with van der Waals surface area (Å²) in [5, 5.41) is 2.36. The zero-order chi connectivity index (χ0) is 12.7. The fourth-order valence-electron chi connectivity index (χ4n) is 2.58. The first-order valence-corrected chi connectivity index (χ1v) is 7.09. The van der Waals surface area contributed by atoms with Gasteiger partial charge >= 0.3 is 0 Å². The number of ether oxygens (including phenoxy) is 1. The lowest BCUT2D eigenvalue weighted by molar-refractivity contribution is 0.292. The molecule has 1 aromatic heterocycles. The summed E-state index contributed by atoms with van der Waals surface area (Å²) in [5.41, 5.74) is 0. The van der Waals surface area contributed by atoms with Crippen LogP contribution >= 0.6 is 0 Å². The first-order valence-electron chi connectivity index (χ1n) is 7.09. The van der Waals surface area contributed by atoms with Crippen molar-refractivity contribution in [3.63, 3.8) is 0 Å². The standard InChI is InChI=1S/C16H18N2O/c1-2-12(1)9-18-10-15(18)11-19-16-4-3-13-5-6-17-8-14(13)7-16/h3-8,12,15H,1-2,9-11H2. The quantitative estimate of drug-likeness (QED) is 0.767. The number of aromatic nitrogens is 1. The van der Waals surface area contributed by atoms with Crippen LogP contribution in [0.25, 0.3) is 10.8 Å². The maximum Gasteiger partial charge on any atom is 0.120 e. The summed E-state index contributed by atoms with van der Waals surface area (Å²) in [7, 11) is 0. The predicted octanol–water partition coefficient (Wildman–Crippen LogP) is 2.71. The normalized spacial score (nSPS) is 25.5. The minimum absolute atomic E-state index is 0.644. The van der Waals surface area contributed by atoms with Crippen molar-refractivity contribution >= 4 is 10.8 Å². The number of nitrogens with zero attached hydrogens (tertiary/aromatic N) is 2. The number of fused-ring (bicyclic) bond motifs is 1. The maximum atomic E-state index is 5.90. The minimum atomic E-state index is 0.644. The highest BCUT2D eigenvalue weighted by molar-refractivity contribution is 5.82. The van der Waals surface area contributed by atoms with Gasteiger partial charge < -0.3 is 4.74 Å². The van der Waals surface area contributed by atoms with Crippen LogP contribution in [0.15, 0.2) is 36.7 Å². The molecule has 2 aromatic rings. The van der Waals surface area contributed by atoms with Crippen molar-refractivity contribution in [2.24, 2.45) is 5.92 Å². The van der Waals surface area contributed by atoms with Crippen LogP contribution in [0, 0.1) is 5.92 Å². The molecule has 2 aliphatic rings. The van der Waals surface area contributed by atoms with Crippen LogP contribution in [0.2, 0.25) is 0 Å². The molecule has 1 saturated heterocycles. The van der Waals surface area contributed by atoms with Crippen molar-refractivity contribution in [1.29, 1.82) is 0 Å². The van der Waals surface area contributed by atoms with Crippen LogP contribution in [0.1, 0.15) is 12.8 Å². The number of benzene rings is 1. The number of rotatable bonds is 5. The second kappa shape index (κ2) is 4.49. The monoisotopic (exact) mass is 254 g/mol. The molecular weight excluding hydrogens is 236 g/mol. The van der Waals surface area contributed by atoms with E-state index < -0.39 is 0 Å². The predicted molar refractivity (Wildman–Crippen MR) is 75.3 cm³/mol. The van der Waals surface area contributed by atoms with E-state index in [9.17, 15) is 0 Å². The van der Waals surface area contributed by atoms with Gasteiger partial charge in [0.05, 0.1) is 6.04 Å². The third-order valence-corrected chi connectivity index (χ3v) is 4.07. The topological polar surface area (TPSA) is 25.1 Å². The molecule has 4 rings (SSSR count). The Hall–Kier alpha value is -1.61. The molecule has 98 valence electrons. The highest BCUT2D eigenvalue weighted by Gasteiger charge is 2.38. The van der Waals surface area contributed by atoms with E-state index in [-0.39, 0.29) is 0 Å². The highest BCUT2D eigenvalue weighted by Crippen LogP contribution is 2.33. The van der Waals surface area contributed by atoms with Gasteiger partial charge in [-0.05, 0) is 42.3 Å². The molecule has 2 atom stereocenters. The molecule has 1 saturated carbocycles. The van der Waals surface area contributed by atoms with Gasteiger partial charge in [-0.25, -0.2) is 0 Å². The molecule has 3 heteroatoms. The molecule has 0 amide bonds. The van der Waals surface area contributed by atoms with Gasteiger partial charge in [0.15, 0.2) is 0 Å². The van der Waals surface area contributed by atoms with Crippen molar-refractivity contribution in [1.82, 2.24) is 9.88 Å². The molecule has 3 nitrogen and oxygen atoms in total. The Morgan fingerprint density at radius 1 is 1.21 bits per heavy atom. The second-order valence-electron chi connectivity index (χ2n) is 5.75. The summed E-state index contributed by atoms with van der Waals surface area (Å²) in [5.74, 6) is 1.94. The lowest BCUT2D eigenvalue weighted by Crippen LogP contribution is -2.12. The van der Waals surface area contributed by atoms with Gasteiger partial charge in [-0.3, -0.25) is 9.88 Å². The first kappa shape index (κ1) is 11.2. The van der Waals surface area contributed by atoms with Crippen LogP contribution < -0.4 is 4.74 Å². The molecule has 2 unspecified atom stereocenters. The van der Waals surface area contributed by atoms with E-state index in [0.29, 0.717) is 6.04 Å². The highest BCUT2D eigenvalue weighted by atomic mass is 16.5. The van der Waals surface area contributed by atoms with E-state index in [1.54, 1.807) is 0 Å². The summed E-state index contributed by atoms with van der Waals surface area (Å²) in [4.78, 5) is 6.68. The molecule has 0 radical (unpaired) electrons. The Bertz CT molecular complexity index is 594. The van der Waals surface area contributed by atoms with E-state index in [4.69, 9.17) is 4.74 Å². The Balaban J connectivity index is 1.36. The summed E-state index contributed by atoms with van der Waals surface area (Å²) in [6.07, 6.45) is 6.57. The smallest absolute Gasteiger partial charge is 0.120 e. The third-order valence-electron chi connectivity index (χ3n) is 4.07. The van der Waals surface area contributed by atoms with Crippen molar-refractivity contribution in [2.45, 2.75) is 18.9 Å². The summed E-state index contributed by atoms with van der Waals surface area (Å²) in [6, 6.07) is 8.90. The van der Waals surface area contributed by atoms with E-state index in [2.05, 4.69) is 28.1 Å². The Morgan fingerprint density at radius 3 is 3.05 bits per heavy atom. The summed E-state index contributed by atoms with van der Waals surface area (Å²) >= 11 is 0. The van der Waals surface area contributed by atoms with Crippen molar-refractivity contribution in [3.8, 4) is 5.75 Å². The molecular formula is C16H18N2O. The van der Waals surface area contributed by atoms with Gasteiger partial charge in [0, 0.05) is 30.9 Å². The molecule has 1 aromatic carbocycles. The third kappa shape index (κ3) is 2.56. The molecule has 0 spiro atoms. The molecule has 1 aliphatic carbocycles. The number of hydrogen-bond acceptors (Lipinski definition) is 3. The number of hydrogen-bond donors (Lipinski definition) is 0. The van der Waals surface area contributed by atoms with Crippen LogP contribution in [-0.4, -0.2) is 35.6 Å². The zero-order valence-electron chi connectivity index (χ0n) is 11.0. The van der Waals surface area contributed by atoms with E-state index in [1.165, 1.54) is 31.3 Å². The first-order chi connectivity index (χ1) is 9.38. The fourth-order valence-corrected chi connectivity index (χ4v) is 2.58. The van der Waals surface area contributed by atoms with Crippen molar-refractivity contribution < 1.29 is 4.74 Å². The van der Waals surface area contributed by atoms with Gasteiger partial charge in [0.2, 0.25) is 0 Å². The lowest BCUT2D eigenvalue weighted by atomic mass is 10.2. The van der Waals surface area contributed by atoms with Gasteiger partial charge in [-0.15, -0.1) is 0 Å². The molecule has 2 fully saturated rings. The minimum Gasteiger partial charge on any atom is -0.492 e. The molecule has 0 bridgehead atoms. The van der Waals surface area contributed by atoms with Gasteiger partial charge in [0.1, 0.15) is 12.4 Å². The Kier molecular flexibility index (Phi) is 2.66. The number of pyridine rings is 1. The molecule has 1 aliphatic heterocycles. The average Bonchev–Trinajstić information content (AvgIpc) is 3.35. The van der Waals surface area contributed by atoms with Crippen LogP contribution in [0.3, 0.4) is 0 Å².